The number of amides is 1. The van der Waals surface area contributed by atoms with Crippen LogP contribution in [-0.2, 0) is 0 Å². The molecule has 3 rings (SSSR count). The molecule has 1 aliphatic rings. The topological polar surface area (TPSA) is 57.6 Å². The van der Waals surface area contributed by atoms with E-state index >= 15 is 0 Å². The number of likely N-dealkylation sites (tertiary alicyclic amines) is 1. The molecule has 0 bridgehead atoms. The fourth-order valence-corrected chi connectivity index (χ4v) is 2.83. The number of aliphatic hydroxyl groups is 1. The second-order valence-corrected chi connectivity index (χ2v) is 5.46. The van der Waals surface area contributed by atoms with Crippen molar-refractivity contribution in [3.63, 3.8) is 0 Å². The molecule has 4 nitrogen and oxygen atoms in total. The molecular weight excluding hydrogens is 278 g/mol. The molecule has 1 heterocycles. The van der Waals surface area contributed by atoms with Gasteiger partial charge in [0.1, 0.15) is 0 Å². The Morgan fingerprint density at radius 1 is 0.909 bits per heavy atom. The summed E-state index contributed by atoms with van der Waals surface area (Å²) in [4.78, 5) is 26.7. The van der Waals surface area contributed by atoms with Crippen molar-refractivity contribution in [3.05, 3.63) is 71.8 Å². The molecule has 0 spiro atoms. The number of nitrogens with zero attached hydrogens (tertiary/aromatic N) is 1. The predicted octanol–water partition coefficient (Wildman–Crippen LogP) is 2.14. The van der Waals surface area contributed by atoms with Crippen LogP contribution in [-0.4, -0.2) is 40.4 Å². The standard InChI is InChI=1S/C18H17NO3/c20-15-11-16(17(21)13-7-3-1-4-8-13)19(12-15)18(22)14-9-5-2-6-10-14/h1-10,15-16,20H,11-12H2. The molecule has 112 valence electrons. The summed E-state index contributed by atoms with van der Waals surface area (Å²) in [5.74, 6) is -0.340. The van der Waals surface area contributed by atoms with Gasteiger partial charge in [-0.1, -0.05) is 48.5 Å². The van der Waals surface area contributed by atoms with Crippen LogP contribution in [0.2, 0.25) is 0 Å². The van der Waals surface area contributed by atoms with Crippen LogP contribution >= 0.6 is 0 Å². The number of β-amino-alcohol motifs (C(OH)–C–C–N with tert-alkyl or cyclic N) is 1. The molecule has 2 unspecified atom stereocenters. The van der Waals surface area contributed by atoms with Crippen LogP contribution in [0.5, 0.6) is 0 Å². The molecule has 1 aliphatic heterocycles. The molecule has 1 saturated heterocycles. The molecule has 4 heteroatoms. The Morgan fingerprint density at radius 3 is 2.05 bits per heavy atom. The van der Waals surface area contributed by atoms with Crippen molar-refractivity contribution in [1.29, 1.82) is 0 Å². The Morgan fingerprint density at radius 2 is 1.45 bits per heavy atom. The lowest BCUT2D eigenvalue weighted by molar-refractivity contribution is 0.0662. The Bertz CT molecular complexity index is 610. The zero-order valence-corrected chi connectivity index (χ0v) is 12.1. The molecule has 0 radical (unpaired) electrons. The van der Waals surface area contributed by atoms with Crippen LogP contribution < -0.4 is 0 Å². The van der Waals surface area contributed by atoms with Crippen molar-refractivity contribution < 1.29 is 14.7 Å². The SMILES string of the molecule is O=C(c1ccccc1)C1CC(O)CN1C(=O)c1ccccc1. The second kappa shape index (κ2) is 6.12. The molecule has 2 atom stereocenters. The maximum Gasteiger partial charge on any atom is 0.254 e. The van der Waals surface area contributed by atoms with Crippen LogP contribution in [0, 0.1) is 0 Å². The number of hydrogen-bond acceptors (Lipinski definition) is 3. The van der Waals surface area contributed by atoms with Gasteiger partial charge in [0, 0.05) is 24.1 Å². The van der Waals surface area contributed by atoms with Crippen LogP contribution in [0.4, 0.5) is 0 Å². The number of hydrogen-bond donors (Lipinski definition) is 1. The largest absolute Gasteiger partial charge is 0.391 e. The zero-order chi connectivity index (χ0) is 15.5. The average Bonchev–Trinajstić information content (AvgIpc) is 2.97. The quantitative estimate of drug-likeness (QED) is 0.883. The van der Waals surface area contributed by atoms with E-state index in [0.717, 1.165) is 0 Å². The van der Waals surface area contributed by atoms with Crippen molar-refractivity contribution in [2.24, 2.45) is 0 Å². The fraction of sp³-hybridized carbons (Fsp3) is 0.222. The van der Waals surface area contributed by atoms with Crippen LogP contribution in [0.1, 0.15) is 27.1 Å². The van der Waals surface area contributed by atoms with Gasteiger partial charge in [0.15, 0.2) is 5.78 Å². The van der Waals surface area contributed by atoms with E-state index in [4.69, 9.17) is 0 Å². The Balaban J connectivity index is 1.87. The van der Waals surface area contributed by atoms with Crippen molar-refractivity contribution in [2.45, 2.75) is 18.6 Å². The van der Waals surface area contributed by atoms with Crippen molar-refractivity contribution in [1.82, 2.24) is 4.90 Å². The van der Waals surface area contributed by atoms with Crippen LogP contribution in [0.25, 0.3) is 0 Å². The zero-order valence-electron chi connectivity index (χ0n) is 12.1. The highest BCUT2D eigenvalue weighted by atomic mass is 16.3. The highest BCUT2D eigenvalue weighted by Gasteiger charge is 2.39. The number of ketones is 1. The third-order valence-corrected chi connectivity index (χ3v) is 3.92. The predicted molar refractivity (Wildman–Crippen MR) is 82.7 cm³/mol. The molecule has 2 aromatic carbocycles. The molecule has 0 aromatic heterocycles. The summed E-state index contributed by atoms with van der Waals surface area (Å²) in [6.45, 7) is 0.191. The van der Waals surface area contributed by atoms with E-state index in [1.807, 2.05) is 12.1 Å². The molecular formula is C18H17NO3. The maximum atomic E-state index is 12.6. The molecule has 1 fully saturated rings. The van der Waals surface area contributed by atoms with Gasteiger partial charge in [-0.3, -0.25) is 9.59 Å². The summed E-state index contributed by atoms with van der Waals surface area (Å²) in [6.07, 6.45) is -0.378. The van der Waals surface area contributed by atoms with Gasteiger partial charge in [-0.2, -0.15) is 0 Å². The van der Waals surface area contributed by atoms with E-state index < -0.39 is 12.1 Å². The molecule has 1 N–H and O–H groups in total. The first kappa shape index (κ1) is 14.5. The molecule has 0 saturated carbocycles. The Kier molecular flexibility index (Phi) is 4.02. The minimum atomic E-state index is -0.662. The van der Waals surface area contributed by atoms with Gasteiger partial charge in [0.2, 0.25) is 0 Å². The van der Waals surface area contributed by atoms with Crippen molar-refractivity contribution >= 4 is 11.7 Å². The number of benzene rings is 2. The van der Waals surface area contributed by atoms with Gasteiger partial charge in [-0.25, -0.2) is 0 Å². The summed E-state index contributed by atoms with van der Waals surface area (Å²) in [7, 11) is 0. The first-order chi connectivity index (χ1) is 10.7. The summed E-state index contributed by atoms with van der Waals surface area (Å²) in [5, 5.41) is 9.92. The molecule has 0 aliphatic carbocycles. The third-order valence-electron chi connectivity index (χ3n) is 3.92. The van der Waals surface area contributed by atoms with E-state index in [2.05, 4.69) is 0 Å². The number of carbonyl (C=O) groups is 2. The van der Waals surface area contributed by atoms with Gasteiger partial charge in [-0.05, 0) is 12.1 Å². The minimum absolute atomic E-state index is 0.124. The second-order valence-electron chi connectivity index (χ2n) is 5.46. The Labute approximate surface area is 129 Å². The lowest BCUT2D eigenvalue weighted by Gasteiger charge is -2.23. The number of Topliss-reactive ketones (excluding diaryl/α,β-unsaturated/α-hetero) is 1. The highest BCUT2D eigenvalue weighted by molar-refractivity contribution is 6.04. The summed E-state index contributed by atoms with van der Waals surface area (Å²) in [6, 6.07) is 17.1. The fourth-order valence-electron chi connectivity index (χ4n) is 2.83. The number of rotatable bonds is 3. The van der Waals surface area contributed by atoms with Gasteiger partial charge in [0.05, 0.1) is 12.1 Å². The van der Waals surface area contributed by atoms with Crippen molar-refractivity contribution in [2.75, 3.05) is 6.54 Å². The van der Waals surface area contributed by atoms with Gasteiger partial charge >= 0.3 is 0 Å². The van der Waals surface area contributed by atoms with E-state index in [-0.39, 0.29) is 24.7 Å². The number of carbonyl (C=O) groups excluding carboxylic acids is 2. The first-order valence-corrected chi connectivity index (χ1v) is 7.30. The monoisotopic (exact) mass is 295 g/mol. The van der Waals surface area contributed by atoms with E-state index in [0.29, 0.717) is 11.1 Å². The summed E-state index contributed by atoms with van der Waals surface area (Å²) >= 11 is 0. The maximum absolute atomic E-state index is 12.6. The van der Waals surface area contributed by atoms with Crippen molar-refractivity contribution in [3.8, 4) is 0 Å². The van der Waals surface area contributed by atoms with E-state index in [1.165, 1.54) is 4.90 Å². The lowest BCUT2D eigenvalue weighted by Crippen LogP contribution is -2.40. The molecule has 22 heavy (non-hydrogen) atoms. The van der Waals surface area contributed by atoms with Crippen LogP contribution in [0.15, 0.2) is 60.7 Å². The summed E-state index contributed by atoms with van der Waals surface area (Å²) in [5.41, 5.74) is 1.09. The van der Waals surface area contributed by atoms with Gasteiger partial charge in [-0.15, -0.1) is 0 Å². The number of aliphatic hydroxyl groups excluding tert-OH is 1. The normalized spacial score (nSPS) is 20.9. The van der Waals surface area contributed by atoms with Crippen LogP contribution in [0.3, 0.4) is 0 Å². The lowest BCUT2D eigenvalue weighted by atomic mass is 10.0. The minimum Gasteiger partial charge on any atom is -0.391 e. The third kappa shape index (κ3) is 2.78. The highest BCUT2D eigenvalue weighted by Crippen LogP contribution is 2.24. The van der Waals surface area contributed by atoms with Gasteiger partial charge < -0.3 is 10.0 Å². The smallest absolute Gasteiger partial charge is 0.254 e. The van der Waals surface area contributed by atoms with E-state index in [9.17, 15) is 14.7 Å². The summed E-state index contributed by atoms with van der Waals surface area (Å²) < 4.78 is 0. The van der Waals surface area contributed by atoms with Gasteiger partial charge in [0.25, 0.3) is 5.91 Å². The first-order valence-electron chi connectivity index (χ1n) is 7.30. The Hall–Kier alpha value is -2.46. The van der Waals surface area contributed by atoms with E-state index in [1.54, 1.807) is 48.5 Å². The molecule has 1 amide bonds. The molecule has 2 aromatic rings. The average molecular weight is 295 g/mol.